The molecule has 1 aromatic rings. The van der Waals surface area contributed by atoms with Crippen LogP contribution in [0.3, 0.4) is 0 Å². The van der Waals surface area contributed by atoms with Crippen LogP contribution >= 0.6 is 15.9 Å². The lowest BCUT2D eigenvalue weighted by atomic mass is 10.1. The Morgan fingerprint density at radius 3 is 2.33 bits per heavy atom. The van der Waals surface area contributed by atoms with Crippen LogP contribution in [0.4, 0.5) is 0 Å². The van der Waals surface area contributed by atoms with Gasteiger partial charge < -0.3 is 0 Å². The van der Waals surface area contributed by atoms with Crippen molar-refractivity contribution in [2.75, 3.05) is 11.5 Å². The molecule has 1 aromatic carbocycles. The Morgan fingerprint density at radius 2 is 1.78 bits per heavy atom. The van der Waals surface area contributed by atoms with Crippen molar-refractivity contribution >= 4 is 31.6 Å². The molecule has 0 fully saturated rings. The highest BCUT2D eigenvalue weighted by molar-refractivity contribution is 9.10. The summed E-state index contributed by atoms with van der Waals surface area (Å²) in [6.07, 6.45) is 1.31. The lowest BCUT2D eigenvalue weighted by Gasteiger charge is -2.03. The van der Waals surface area contributed by atoms with Crippen molar-refractivity contribution in [2.45, 2.75) is 26.2 Å². The monoisotopic (exact) mass is 332 g/mol. The van der Waals surface area contributed by atoms with Gasteiger partial charge in [-0.05, 0) is 25.0 Å². The van der Waals surface area contributed by atoms with Crippen molar-refractivity contribution in [1.82, 2.24) is 0 Å². The molecule has 0 aliphatic rings. The van der Waals surface area contributed by atoms with Gasteiger partial charge in [-0.15, -0.1) is 0 Å². The highest BCUT2D eigenvalue weighted by Gasteiger charge is 2.11. The number of Topliss-reactive ketones (excluding diaryl/α,β-unsaturated/α-hetero) is 1. The summed E-state index contributed by atoms with van der Waals surface area (Å²) >= 11 is 3.30. The molecule has 18 heavy (non-hydrogen) atoms. The van der Waals surface area contributed by atoms with Gasteiger partial charge in [-0.25, -0.2) is 8.42 Å². The van der Waals surface area contributed by atoms with Crippen LogP contribution in [0, 0.1) is 0 Å². The lowest BCUT2D eigenvalue weighted by molar-refractivity contribution is 0.0982. The molecule has 0 heterocycles. The molecule has 0 atom stereocenters. The van der Waals surface area contributed by atoms with Crippen LogP contribution in [0.25, 0.3) is 0 Å². The first-order chi connectivity index (χ1) is 8.44. The van der Waals surface area contributed by atoms with E-state index in [1.807, 2.05) is 6.92 Å². The molecule has 0 amide bonds. The van der Waals surface area contributed by atoms with E-state index in [2.05, 4.69) is 15.9 Å². The second-order valence-corrected chi connectivity index (χ2v) is 7.40. The molecule has 0 spiro atoms. The molecule has 0 saturated heterocycles. The van der Waals surface area contributed by atoms with Gasteiger partial charge in [-0.1, -0.05) is 35.0 Å². The Kier molecular flexibility index (Phi) is 6.02. The van der Waals surface area contributed by atoms with E-state index in [1.54, 1.807) is 24.3 Å². The van der Waals surface area contributed by atoms with Crippen LogP contribution in [-0.4, -0.2) is 25.7 Å². The maximum atomic E-state index is 11.8. The molecule has 0 aliphatic heterocycles. The van der Waals surface area contributed by atoms with E-state index in [-0.39, 0.29) is 23.7 Å². The van der Waals surface area contributed by atoms with Crippen LogP contribution in [0.1, 0.15) is 36.5 Å². The third-order valence-corrected chi connectivity index (χ3v) is 5.01. The fourth-order valence-corrected chi connectivity index (χ4v) is 3.32. The summed E-state index contributed by atoms with van der Waals surface area (Å²) in [6, 6.07) is 7.10. The summed E-state index contributed by atoms with van der Waals surface area (Å²) in [5.41, 5.74) is 0.631. The zero-order chi connectivity index (χ0) is 13.6. The van der Waals surface area contributed by atoms with Gasteiger partial charge in [0.25, 0.3) is 0 Å². The summed E-state index contributed by atoms with van der Waals surface area (Å²) in [5, 5.41) is 0. The molecule has 5 heteroatoms. The highest BCUT2D eigenvalue weighted by atomic mass is 79.9. The normalized spacial score (nSPS) is 11.4. The first kappa shape index (κ1) is 15.4. The SMILES string of the molecule is CCCS(=O)(=O)CCCC(=O)c1ccc(Br)cc1. The van der Waals surface area contributed by atoms with E-state index in [1.165, 1.54) is 0 Å². The van der Waals surface area contributed by atoms with Crippen LogP contribution < -0.4 is 0 Å². The van der Waals surface area contributed by atoms with Gasteiger partial charge in [0, 0.05) is 22.2 Å². The number of sulfone groups is 1. The number of ketones is 1. The highest BCUT2D eigenvalue weighted by Crippen LogP contribution is 2.13. The number of carbonyl (C=O) groups is 1. The van der Waals surface area contributed by atoms with Crippen molar-refractivity contribution < 1.29 is 13.2 Å². The smallest absolute Gasteiger partial charge is 0.162 e. The van der Waals surface area contributed by atoms with Gasteiger partial charge in [0.2, 0.25) is 0 Å². The van der Waals surface area contributed by atoms with E-state index in [4.69, 9.17) is 0 Å². The predicted molar refractivity (Wildman–Crippen MR) is 76.7 cm³/mol. The number of rotatable bonds is 7. The fourth-order valence-electron chi connectivity index (χ4n) is 1.65. The second kappa shape index (κ2) is 7.04. The molecular formula is C13H17BrO3S. The van der Waals surface area contributed by atoms with Gasteiger partial charge in [0.15, 0.2) is 5.78 Å². The molecule has 0 saturated carbocycles. The molecule has 0 N–H and O–H groups in total. The number of carbonyl (C=O) groups excluding carboxylic acids is 1. The molecular weight excluding hydrogens is 316 g/mol. The van der Waals surface area contributed by atoms with E-state index in [9.17, 15) is 13.2 Å². The number of hydrogen-bond acceptors (Lipinski definition) is 3. The molecule has 0 radical (unpaired) electrons. The van der Waals surface area contributed by atoms with E-state index in [0.29, 0.717) is 18.4 Å². The van der Waals surface area contributed by atoms with Crippen LogP contribution in [0.15, 0.2) is 28.7 Å². The van der Waals surface area contributed by atoms with Gasteiger partial charge in [-0.2, -0.15) is 0 Å². The summed E-state index contributed by atoms with van der Waals surface area (Å²) in [4.78, 5) is 11.8. The van der Waals surface area contributed by atoms with Crippen molar-refractivity contribution in [3.8, 4) is 0 Å². The van der Waals surface area contributed by atoms with Crippen molar-refractivity contribution in [3.63, 3.8) is 0 Å². The van der Waals surface area contributed by atoms with Gasteiger partial charge in [0.05, 0.1) is 5.75 Å². The molecule has 100 valence electrons. The maximum absolute atomic E-state index is 11.8. The average molecular weight is 333 g/mol. The zero-order valence-corrected chi connectivity index (χ0v) is 12.8. The third-order valence-electron chi connectivity index (χ3n) is 2.54. The molecule has 3 nitrogen and oxygen atoms in total. The largest absolute Gasteiger partial charge is 0.294 e. The Balaban J connectivity index is 2.45. The summed E-state index contributed by atoms with van der Waals surface area (Å²) in [5.74, 6) is 0.303. The molecule has 0 unspecified atom stereocenters. The molecule has 1 rings (SSSR count). The first-order valence-corrected chi connectivity index (χ1v) is 8.55. The van der Waals surface area contributed by atoms with Crippen LogP contribution in [-0.2, 0) is 9.84 Å². The minimum atomic E-state index is -2.98. The van der Waals surface area contributed by atoms with Crippen LogP contribution in [0.2, 0.25) is 0 Å². The van der Waals surface area contributed by atoms with Gasteiger partial charge >= 0.3 is 0 Å². The van der Waals surface area contributed by atoms with E-state index >= 15 is 0 Å². The Labute approximate surface area is 117 Å². The van der Waals surface area contributed by atoms with Crippen molar-refractivity contribution in [2.24, 2.45) is 0 Å². The second-order valence-electron chi connectivity index (χ2n) is 4.19. The van der Waals surface area contributed by atoms with Crippen molar-refractivity contribution in [1.29, 1.82) is 0 Å². The van der Waals surface area contributed by atoms with Crippen molar-refractivity contribution in [3.05, 3.63) is 34.3 Å². The average Bonchev–Trinajstić information content (AvgIpc) is 2.29. The van der Waals surface area contributed by atoms with Crippen LogP contribution in [0.5, 0.6) is 0 Å². The number of halogens is 1. The quantitative estimate of drug-likeness (QED) is 0.720. The standard InChI is InChI=1S/C13H17BrO3S/c1-2-9-18(16,17)10-3-4-13(15)11-5-7-12(14)8-6-11/h5-8H,2-4,9-10H2,1H3. The Hall–Kier alpha value is -0.680. The number of benzene rings is 1. The summed E-state index contributed by atoms with van der Waals surface area (Å²) in [7, 11) is -2.98. The predicted octanol–water partition coefficient (Wildman–Crippen LogP) is 3.24. The Bertz CT molecular complexity index is 491. The molecule has 0 aromatic heterocycles. The topological polar surface area (TPSA) is 51.2 Å². The minimum absolute atomic E-state index is 0.00537. The summed E-state index contributed by atoms with van der Waals surface area (Å²) in [6.45, 7) is 1.84. The van der Waals surface area contributed by atoms with E-state index < -0.39 is 9.84 Å². The van der Waals surface area contributed by atoms with E-state index in [0.717, 1.165) is 4.47 Å². The number of hydrogen-bond donors (Lipinski definition) is 0. The zero-order valence-electron chi connectivity index (χ0n) is 10.4. The minimum Gasteiger partial charge on any atom is -0.294 e. The fraction of sp³-hybridized carbons (Fsp3) is 0.462. The first-order valence-electron chi connectivity index (χ1n) is 5.94. The third kappa shape index (κ3) is 5.31. The van der Waals surface area contributed by atoms with Gasteiger partial charge in [-0.3, -0.25) is 4.79 Å². The molecule has 0 bridgehead atoms. The lowest BCUT2D eigenvalue weighted by Crippen LogP contribution is -2.12. The van der Waals surface area contributed by atoms with Gasteiger partial charge in [0.1, 0.15) is 9.84 Å². The Morgan fingerprint density at radius 1 is 1.17 bits per heavy atom. The molecule has 0 aliphatic carbocycles. The summed E-state index contributed by atoms with van der Waals surface area (Å²) < 4.78 is 23.9. The maximum Gasteiger partial charge on any atom is 0.162 e.